The fraction of sp³-hybridized carbons (Fsp3) is 0.647. The quantitative estimate of drug-likeness (QED) is 0.813. The molecule has 0 aromatic heterocycles. The number of halogens is 1. The van der Waals surface area contributed by atoms with E-state index in [2.05, 4.69) is 44.8 Å². The first-order chi connectivity index (χ1) is 9.35. The highest BCUT2D eigenvalue weighted by atomic mass is 19.1. The number of rotatable bonds is 7. The van der Waals surface area contributed by atoms with Gasteiger partial charge < -0.3 is 5.32 Å². The third-order valence-electron chi connectivity index (χ3n) is 3.31. The lowest BCUT2D eigenvalue weighted by Gasteiger charge is -2.22. The normalized spacial score (nSPS) is 12.2. The Balaban J connectivity index is 2.75. The highest BCUT2D eigenvalue weighted by Crippen LogP contribution is 2.14. The third kappa shape index (κ3) is 6.02. The van der Waals surface area contributed by atoms with E-state index < -0.39 is 0 Å². The van der Waals surface area contributed by atoms with E-state index in [0.29, 0.717) is 6.54 Å². The van der Waals surface area contributed by atoms with Crippen LogP contribution in [0.5, 0.6) is 0 Å². The molecule has 0 aliphatic rings. The van der Waals surface area contributed by atoms with Gasteiger partial charge in [-0.1, -0.05) is 26.0 Å². The maximum atomic E-state index is 13.9. The lowest BCUT2D eigenvalue weighted by molar-refractivity contribution is 0.276. The summed E-state index contributed by atoms with van der Waals surface area (Å²) in [5.74, 6) is -0.0981. The van der Waals surface area contributed by atoms with E-state index in [1.165, 1.54) is 0 Å². The summed E-state index contributed by atoms with van der Waals surface area (Å²) in [7, 11) is 0. The van der Waals surface area contributed by atoms with Gasteiger partial charge in [0, 0.05) is 24.2 Å². The van der Waals surface area contributed by atoms with Crippen LogP contribution in [0, 0.1) is 5.82 Å². The molecular formula is C17H29FN2. The van der Waals surface area contributed by atoms with Crippen molar-refractivity contribution in [1.29, 1.82) is 0 Å². The predicted octanol–water partition coefficient (Wildman–Crippen LogP) is 3.95. The van der Waals surface area contributed by atoms with Crippen LogP contribution in [0.3, 0.4) is 0 Å². The Morgan fingerprint density at radius 3 is 2.45 bits per heavy atom. The molecule has 0 fully saturated rings. The van der Waals surface area contributed by atoms with Gasteiger partial charge in [-0.2, -0.15) is 0 Å². The number of hydrogen-bond acceptors (Lipinski definition) is 2. The molecule has 0 radical (unpaired) electrons. The lowest BCUT2D eigenvalue weighted by Crippen LogP contribution is -2.35. The Hall–Kier alpha value is -0.930. The van der Waals surface area contributed by atoms with Crippen LogP contribution < -0.4 is 5.32 Å². The summed E-state index contributed by atoms with van der Waals surface area (Å²) in [6.07, 6.45) is 1.10. The Kier molecular flexibility index (Phi) is 6.63. The molecule has 0 unspecified atom stereocenters. The molecular weight excluding hydrogens is 251 g/mol. The van der Waals surface area contributed by atoms with Crippen molar-refractivity contribution >= 4 is 0 Å². The van der Waals surface area contributed by atoms with E-state index in [9.17, 15) is 4.39 Å². The van der Waals surface area contributed by atoms with Crippen LogP contribution in [0.25, 0.3) is 0 Å². The zero-order chi connectivity index (χ0) is 15.2. The molecule has 2 nitrogen and oxygen atoms in total. The minimum atomic E-state index is -0.0981. The highest BCUT2D eigenvalue weighted by Gasteiger charge is 2.11. The number of benzene rings is 1. The van der Waals surface area contributed by atoms with Crippen molar-refractivity contribution in [1.82, 2.24) is 10.2 Å². The molecule has 0 spiro atoms. The average molecular weight is 280 g/mol. The molecule has 1 N–H and O–H groups in total. The molecule has 0 bridgehead atoms. The van der Waals surface area contributed by atoms with Crippen molar-refractivity contribution in [2.45, 2.75) is 59.7 Å². The smallest absolute Gasteiger partial charge is 0.127 e. The molecule has 1 aromatic carbocycles. The Morgan fingerprint density at radius 1 is 1.20 bits per heavy atom. The van der Waals surface area contributed by atoms with Gasteiger partial charge in [0.2, 0.25) is 0 Å². The molecule has 0 amide bonds. The van der Waals surface area contributed by atoms with Gasteiger partial charge in [-0.3, -0.25) is 4.90 Å². The van der Waals surface area contributed by atoms with Gasteiger partial charge in [-0.15, -0.1) is 0 Å². The predicted molar refractivity (Wildman–Crippen MR) is 84.2 cm³/mol. The Bertz CT molecular complexity index is 410. The monoisotopic (exact) mass is 280 g/mol. The molecule has 0 saturated carbocycles. The summed E-state index contributed by atoms with van der Waals surface area (Å²) in [5, 5.41) is 3.44. The number of nitrogens with one attached hydrogen (secondary N) is 1. The number of hydrogen-bond donors (Lipinski definition) is 1. The topological polar surface area (TPSA) is 15.3 Å². The zero-order valence-electron chi connectivity index (χ0n) is 13.6. The van der Waals surface area contributed by atoms with Gasteiger partial charge in [0.05, 0.1) is 0 Å². The second kappa shape index (κ2) is 7.75. The molecule has 114 valence electrons. The first-order valence-corrected chi connectivity index (χ1v) is 7.60. The van der Waals surface area contributed by atoms with Gasteiger partial charge in [-0.25, -0.2) is 4.39 Å². The maximum absolute atomic E-state index is 13.9. The SMILES string of the molecule is CCCN(CC)Cc1cc(CNC(C)(C)C)ccc1F. The van der Waals surface area contributed by atoms with Crippen LogP contribution >= 0.6 is 0 Å². The first kappa shape index (κ1) is 17.1. The molecule has 20 heavy (non-hydrogen) atoms. The van der Waals surface area contributed by atoms with E-state index in [0.717, 1.165) is 37.2 Å². The summed E-state index contributed by atoms with van der Waals surface area (Å²) >= 11 is 0. The fourth-order valence-electron chi connectivity index (χ4n) is 2.13. The second-order valence-electron chi connectivity index (χ2n) is 6.40. The van der Waals surface area contributed by atoms with E-state index >= 15 is 0 Å². The van der Waals surface area contributed by atoms with Crippen molar-refractivity contribution in [3.8, 4) is 0 Å². The van der Waals surface area contributed by atoms with Gasteiger partial charge >= 0.3 is 0 Å². The molecule has 0 heterocycles. The van der Waals surface area contributed by atoms with Crippen molar-refractivity contribution in [2.24, 2.45) is 0 Å². The molecule has 0 atom stereocenters. The van der Waals surface area contributed by atoms with Crippen LogP contribution in [-0.2, 0) is 13.1 Å². The van der Waals surface area contributed by atoms with Crippen molar-refractivity contribution < 1.29 is 4.39 Å². The number of nitrogens with zero attached hydrogens (tertiary/aromatic N) is 1. The summed E-state index contributed by atoms with van der Waals surface area (Å²) < 4.78 is 13.9. The molecule has 0 saturated heterocycles. The summed E-state index contributed by atoms with van der Waals surface area (Å²) in [6.45, 7) is 14.1. The molecule has 3 heteroatoms. The van der Waals surface area contributed by atoms with Gasteiger partial charge in [-0.05, 0) is 51.9 Å². The van der Waals surface area contributed by atoms with Crippen molar-refractivity contribution in [3.63, 3.8) is 0 Å². The third-order valence-corrected chi connectivity index (χ3v) is 3.31. The van der Waals surface area contributed by atoms with Gasteiger partial charge in [0.1, 0.15) is 5.82 Å². The molecule has 0 aliphatic carbocycles. The summed E-state index contributed by atoms with van der Waals surface area (Å²) in [4.78, 5) is 2.28. The highest BCUT2D eigenvalue weighted by molar-refractivity contribution is 5.25. The van der Waals surface area contributed by atoms with Gasteiger partial charge in [0.15, 0.2) is 0 Å². The van der Waals surface area contributed by atoms with Crippen LogP contribution in [-0.4, -0.2) is 23.5 Å². The van der Waals surface area contributed by atoms with E-state index in [4.69, 9.17) is 0 Å². The lowest BCUT2D eigenvalue weighted by atomic mass is 10.1. The summed E-state index contributed by atoms with van der Waals surface area (Å²) in [6, 6.07) is 5.45. The van der Waals surface area contributed by atoms with E-state index in [1.54, 1.807) is 6.07 Å². The largest absolute Gasteiger partial charge is 0.308 e. The van der Waals surface area contributed by atoms with Crippen LogP contribution in [0.4, 0.5) is 4.39 Å². The summed E-state index contributed by atoms with van der Waals surface area (Å²) in [5.41, 5.74) is 2.02. The molecule has 0 aliphatic heterocycles. The van der Waals surface area contributed by atoms with Gasteiger partial charge in [0.25, 0.3) is 0 Å². The van der Waals surface area contributed by atoms with Crippen LogP contribution in [0.15, 0.2) is 18.2 Å². The first-order valence-electron chi connectivity index (χ1n) is 7.60. The Labute approximate surface area is 123 Å². The van der Waals surface area contributed by atoms with Crippen LogP contribution in [0.2, 0.25) is 0 Å². The standard InChI is InChI=1S/C17H29FN2/c1-6-10-20(7-2)13-15-11-14(8-9-16(15)18)12-19-17(3,4)5/h8-9,11,19H,6-7,10,12-13H2,1-5H3. The maximum Gasteiger partial charge on any atom is 0.127 e. The second-order valence-corrected chi connectivity index (χ2v) is 6.40. The van der Waals surface area contributed by atoms with Crippen molar-refractivity contribution in [2.75, 3.05) is 13.1 Å². The van der Waals surface area contributed by atoms with E-state index in [1.807, 2.05) is 12.1 Å². The fourth-order valence-corrected chi connectivity index (χ4v) is 2.13. The van der Waals surface area contributed by atoms with Crippen LogP contribution in [0.1, 0.15) is 52.2 Å². The minimum absolute atomic E-state index is 0.0756. The molecule has 1 rings (SSSR count). The average Bonchev–Trinajstić information content (AvgIpc) is 2.38. The zero-order valence-corrected chi connectivity index (χ0v) is 13.6. The Morgan fingerprint density at radius 2 is 1.90 bits per heavy atom. The van der Waals surface area contributed by atoms with Crippen molar-refractivity contribution in [3.05, 3.63) is 35.1 Å². The minimum Gasteiger partial charge on any atom is -0.308 e. The molecule has 1 aromatic rings. The van der Waals surface area contributed by atoms with E-state index in [-0.39, 0.29) is 11.4 Å².